The predicted molar refractivity (Wildman–Crippen MR) is 124 cm³/mol. The number of hydrogen-bond donors (Lipinski definition) is 2. The molecule has 1 aromatic heterocycles. The Balaban J connectivity index is 1.56. The van der Waals surface area contributed by atoms with Crippen molar-refractivity contribution in [2.45, 2.75) is 43.3 Å². The van der Waals surface area contributed by atoms with Crippen molar-refractivity contribution in [3.05, 3.63) is 48.5 Å². The van der Waals surface area contributed by atoms with Crippen molar-refractivity contribution >= 4 is 35.0 Å². The van der Waals surface area contributed by atoms with Crippen LogP contribution in [-0.4, -0.2) is 44.1 Å². The van der Waals surface area contributed by atoms with E-state index < -0.39 is 17.4 Å². The smallest absolute Gasteiger partial charge is 0.387 e. The average molecular weight is 489 g/mol. The molecule has 178 valence electrons. The van der Waals surface area contributed by atoms with Crippen LogP contribution >= 0.6 is 11.8 Å². The number of hydrogen-bond acceptors (Lipinski definition) is 7. The van der Waals surface area contributed by atoms with Gasteiger partial charge in [-0.3, -0.25) is 14.5 Å². The van der Waals surface area contributed by atoms with Gasteiger partial charge in [0.15, 0.2) is 5.82 Å². The Morgan fingerprint density at radius 2 is 1.82 bits per heavy atom. The second kappa shape index (κ2) is 8.93. The van der Waals surface area contributed by atoms with Gasteiger partial charge in [-0.1, -0.05) is 23.9 Å². The van der Waals surface area contributed by atoms with E-state index in [1.165, 1.54) is 33.8 Å². The summed E-state index contributed by atoms with van der Waals surface area (Å²) in [5.74, 6) is 5.87. The van der Waals surface area contributed by atoms with E-state index in [0.717, 1.165) is 11.8 Å². The van der Waals surface area contributed by atoms with Crippen LogP contribution in [0.1, 0.15) is 20.8 Å². The molecule has 9 nitrogen and oxygen atoms in total. The fourth-order valence-electron chi connectivity index (χ4n) is 3.58. The summed E-state index contributed by atoms with van der Waals surface area (Å²) in [5, 5.41) is 10.6. The quantitative estimate of drug-likeness (QED) is 0.403. The lowest BCUT2D eigenvalue weighted by Crippen LogP contribution is -2.60. The molecule has 0 spiro atoms. The highest BCUT2D eigenvalue weighted by atomic mass is 32.2. The SMILES string of the molecule is CC(Sc1nnc(-c2ccc(OC(F)F)cc2)n1N)C(=O)N1c2ccccc2NC(=O)C1(C)C. The number of aromatic nitrogens is 3. The predicted octanol–water partition coefficient (Wildman–Crippen LogP) is 3.50. The van der Waals surface area contributed by atoms with Crippen molar-refractivity contribution in [2.24, 2.45) is 0 Å². The highest BCUT2D eigenvalue weighted by Gasteiger charge is 2.45. The van der Waals surface area contributed by atoms with E-state index in [9.17, 15) is 18.4 Å². The van der Waals surface area contributed by atoms with E-state index >= 15 is 0 Å². The largest absolute Gasteiger partial charge is 0.435 e. The summed E-state index contributed by atoms with van der Waals surface area (Å²) in [6.45, 7) is 2.13. The van der Waals surface area contributed by atoms with Crippen molar-refractivity contribution in [3.8, 4) is 17.1 Å². The molecule has 2 aromatic carbocycles. The molecule has 0 aliphatic carbocycles. The number of amides is 2. The molecule has 1 aliphatic rings. The van der Waals surface area contributed by atoms with Crippen LogP contribution in [0.15, 0.2) is 53.7 Å². The van der Waals surface area contributed by atoms with Gasteiger partial charge in [-0.25, -0.2) is 4.68 Å². The Labute approximate surface area is 198 Å². The molecule has 0 saturated heterocycles. The number of nitrogen functional groups attached to an aromatic ring is 1. The number of halogens is 2. The van der Waals surface area contributed by atoms with Crippen LogP contribution in [0, 0.1) is 0 Å². The second-order valence-corrected chi connectivity index (χ2v) is 9.35. The van der Waals surface area contributed by atoms with E-state index in [-0.39, 0.29) is 28.5 Å². The van der Waals surface area contributed by atoms with Crippen LogP contribution in [0.4, 0.5) is 20.2 Å². The molecule has 0 bridgehead atoms. The molecule has 0 saturated carbocycles. The molecular formula is C22H22F2N6O3S. The maximum absolute atomic E-state index is 13.5. The van der Waals surface area contributed by atoms with Gasteiger partial charge in [-0.05, 0) is 57.2 Å². The minimum Gasteiger partial charge on any atom is -0.435 e. The molecule has 1 aliphatic heterocycles. The third-order valence-corrected chi connectivity index (χ3v) is 6.40. The maximum atomic E-state index is 13.5. The molecule has 2 heterocycles. The van der Waals surface area contributed by atoms with Gasteiger partial charge in [0.25, 0.3) is 0 Å². The van der Waals surface area contributed by atoms with Gasteiger partial charge >= 0.3 is 6.61 Å². The number of carbonyl (C=O) groups is 2. The Hall–Kier alpha value is -3.67. The summed E-state index contributed by atoms with van der Waals surface area (Å²) in [7, 11) is 0. The zero-order chi connectivity index (χ0) is 24.6. The monoisotopic (exact) mass is 488 g/mol. The van der Waals surface area contributed by atoms with Crippen LogP contribution in [-0.2, 0) is 9.59 Å². The molecule has 4 rings (SSSR count). The lowest BCUT2D eigenvalue weighted by molar-refractivity contribution is -0.126. The first kappa shape index (κ1) is 23.5. The van der Waals surface area contributed by atoms with Crippen LogP contribution in [0.5, 0.6) is 5.75 Å². The van der Waals surface area contributed by atoms with E-state index in [1.54, 1.807) is 45.0 Å². The van der Waals surface area contributed by atoms with Crippen LogP contribution < -0.4 is 20.8 Å². The lowest BCUT2D eigenvalue weighted by Gasteiger charge is -2.43. The maximum Gasteiger partial charge on any atom is 0.387 e. The van der Waals surface area contributed by atoms with Gasteiger partial charge in [0.05, 0.1) is 16.6 Å². The number of thioether (sulfide) groups is 1. The van der Waals surface area contributed by atoms with Gasteiger partial charge in [0, 0.05) is 5.56 Å². The number of anilines is 2. The van der Waals surface area contributed by atoms with Crippen LogP contribution in [0.2, 0.25) is 0 Å². The number of nitrogens with zero attached hydrogens (tertiary/aromatic N) is 4. The molecule has 0 radical (unpaired) electrons. The molecule has 2 amide bonds. The lowest BCUT2D eigenvalue weighted by atomic mass is 9.96. The van der Waals surface area contributed by atoms with Gasteiger partial charge in [-0.15, -0.1) is 10.2 Å². The summed E-state index contributed by atoms with van der Waals surface area (Å²) in [4.78, 5) is 27.6. The number of ether oxygens (including phenoxy) is 1. The second-order valence-electron chi connectivity index (χ2n) is 8.04. The molecule has 3 aromatic rings. The fraction of sp³-hybridized carbons (Fsp3) is 0.273. The number of fused-ring (bicyclic) bond motifs is 1. The topological polar surface area (TPSA) is 115 Å². The average Bonchev–Trinajstić information content (AvgIpc) is 3.14. The zero-order valence-corrected chi connectivity index (χ0v) is 19.3. The van der Waals surface area contributed by atoms with E-state index in [4.69, 9.17) is 5.84 Å². The third kappa shape index (κ3) is 4.28. The zero-order valence-electron chi connectivity index (χ0n) is 18.5. The highest BCUT2D eigenvalue weighted by molar-refractivity contribution is 8.00. The van der Waals surface area contributed by atoms with Crippen LogP contribution in [0.25, 0.3) is 11.4 Å². The fourth-order valence-corrected chi connectivity index (χ4v) is 4.39. The molecular weight excluding hydrogens is 466 g/mol. The number of benzene rings is 2. The molecule has 3 N–H and O–H groups in total. The van der Waals surface area contributed by atoms with E-state index in [1.807, 2.05) is 0 Å². The number of nitrogens with one attached hydrogen (secondary N) is 1. The van der Waals surface area contributed by atoms with Crippen molar-refractivity contribution in [3.63, 3.8) is 0 Å². The Morgan fingerprint density at radius 3 is 2.50 bits per heavy atom. The van der Waals surface area contributed by atoms with Gasteiger partial charge in [0.2, 0.25) is 17.0 Å². The molecule has 1 atom stereocenters. The van der Waals surface area contributed by atoms with E-state index in [0.29, 0.717) is 16.9 Å². The number of para-hydroxylation sites is 2. The molecule has 12 heteroatoms. The Kier molecular flexibility index (Phi) is 6.17. The molecule has 34 heavy (non-hydrogen) atoms. The standard InChI is InChI=1S/C22H22F2N6O3S/c1-12(18(31)29-16-7-5-4-6-15(16)26-19(32)22(29,2)3)34-21-28-27-17(30(21)25)13-8-10-14(11-9-13)33-20(23)24/h4-12,20H,25H2,1-3H3,(H,26,32). The first-order valence-corrected chi connectivity index (χ1v) is 11.1. The van der Waals surface area contributed by atoms with Gasteiger partial charge in [-0.2, -0.15) is 8.78 Å². The van der Waals surface area contributed by atoms with Crippen molar-refractivity contribution in [1.29, 1.82) is 0 Å². The first-order valence-electron chi connectivity index (χ1n) is 10.3. The number of alkyl halides is 2. The summed E-state index contributed by atoms with van der Waals surface area (Å²) in [6, 6.07) is 12.9. The van der Waals surface area contributed by atoms with Crippen molar-refractivity contribution < 1.29 is 23.1 Å². The number of carbonyl (C=O) groups excluding carboxylic acids is 2. The van der Waals surface area contributed by atoms with Crippen molar-refractivity contribution in [2.75, 3.05) is 16.1 Å². The van der Waals surface area contributed by atoms with Gasteiger partial charge < -0.3 is 15.9 Å². The normalized spacial score (nSPS) is 15.6. The van der Waals surface area contributed by atoms with Gasteiger partial charge in [0.1, 0.15) is 11.3 Å². The molecule has 1 unspecified atom stereocenters. The Bertz CT molecular complexity index is 1230. The third-order valence-electron chi connectivity index (χ3n) is 5.36. The first-order chi connectivity index (χ1) is 16.1. The number of rotatable bonds is 6. The summed E-state index contributed by atoms with van der Waals surface area (Å²) >= 11 is 1.09. The minimum absolute atomic E-state index is 0.00381. The van der Waals surface area contributed by atoms with Crippen LogP contribution in [0.3, 0.4) is 0 Å². The highest BCUT2D eigenvalue weighted by Crippen LogP contribution is 2.38. The summed E-state index contributed by atoms with van der Waals surface area (Å²) in [6.07, 6.45) is 0. The van der Waals surface area contributed by atoms with E-state index in [2.05, 4.69) is 20.3 Å². The Morgan fingerprint density at radius 1 is 1.15 bits per heavy atom. The molecule has 0 fully saturated rings. The minimum atomic E-state index is -2.92. The number of nitrogens with two attached hydrogens (primary N) is 1. The van der Waals surface area contributed by atoms with Crippen molar-refractivity contribution in [1.82, 2.24) is 14.9 Å². The summed E-state index contributed by atoms with van der Waals surface area (Å²) in [5.41, 5.74) is 0.584. The summed E-state index contributed by atoms with van der Waals surface area (Å²) < 4.78 is 30.3.